The van der Waals surface area contributed by atoms with Crippen LogP contribution in [-0.2, 0) is 11.3 Å². The van der Waals surface area contributed by atoms with Gasteiger partial charge in [0, 0.05) is 0 Å². The molecule has 0 aliphatic rings. The number of carboxylic acid groups (broad SMARTS) is 1. The Balaban J connectivity index is 1.91. The maximum absolute atomic E-state index is 13.0. The van der Waals surface area contributed by atoms with Crippen LogP contribution in [0.15, 0.2) is 35.6 Å². The van der Waals surface area contributed by atoms with Crippen LogP contribution in [0.3, 0.4) is 0 Å². The Morgan fingerprint density at radius 2 is 2.09 bits per heavy atom. The van der Waals surface area contributed by atoms with Gasteiger partial charge in [0.25, 0.3) is 0 Å². The highest BCUT2D eigenvalue weighted by atomic mass is 32.2. The van der Waals surface area contributed by atoms with Crippen molar-refractivity contribution in [2.45, 2.75) is 23.7 Å². The topological polar surface area (TPSA) is 93.8 Å². The Morgan fingerprint density at radius 1 is 1.35 bits per heavy atom. The molecule has 0 unspecified atom stereocenters. The molecule has 1 atom stereocenters. The highest BCUT2D eigenvalue weighted by Gasteiger charge is 2.18. The van der Waals surface area contributed by atoms with Gasteiger partial charge in [-0.3, -0.25) is 4.79 Å². The number of hydrogen-bond acceptors (Lipinski definition) is 6. The van der Waals surface area contributed by atoms with Gasteiger partial charge in [-0.2, -0.15) is 0 Å². The summed E-state index contributed by atoms with van der Waals surface area (Å²) in [6, 6.07) is 6.07. The number of hydrogen-bond donors (Lipinski definition) is 1. The average Bonchev–Trinajstić information content (AvgIpc) is 2.94. The lowest BCUT2D eigenvalue weighted by atomic mass is 10.2. The van der Waals surface area contributed by atoms with Crippen molar-refractivity contribution in [2.75, 3.05) is 0 Å². The number of aromatic nitrogens is 5. The number of carboxylic acids is 1. The Morgan fingerprint density at radius 3 is 2.78 bits per heavy atom. The summed E-state index contributed by atoms with van der Waals surface area (Å²) in [4.78, 5) is 19.2. The minimum Gasteiger partial charge on any atom is -0.480 e. The molecule has 3 rings (SSSR count). The highest BCUT2D eigenvalue weighted by Crippen LogP contribution is 2.26. The van der Waals surface area contributed by atoms with Crippen molar-refractivity contribution in [1.82, 2.24) is 25.0 Å². The molecule has 0 aliphatic carbocycles. The van der Waals surface area contributed by atoms with Gasteiger partial charge in [0.1, 0.15) is 22.4 Å². The molecule has 0 spiro atoms. The molecule has 2 heterocycles. The van der Waals surface area contributed by atoms with Crippen molar-refractivity contribution in [2.24, 2.45) is 0 Å². The van der Waals surface area contributed by atoms with Crippen LogP contribution in [0.2, 0.25) is 0 Å². The molecule has 2 aromatic heterocycles. The molecule has 7 nitrogen and oxygen atoms in total. The molecule has 9 heteroatoms. The molecule has 23 heavy (non-hydrogen) atoms. The summed E-state index contributed by atoms with van der Waals surface area (Å²) in [5, 5.41) is 16.9. The van der Waals surface area contributed by atoms with Crippen LogP contribution in [0.25, 0.3) is 11.2 Å². The van der Waals surface area contributed by atoms with E-state index in [4.69, 9.17) is 5.11 Å². The fourth-order valence-corrected chi connectivity index (χ4v) is 2.73. The first-order valence-corrected chi connectivity index (χ1v) is 7.60. The standard InChI is InChI=1S/C14H12FN5O2S/c1-8(14(21)22)23-13-11-12(16-7-17-13)20(19-18-11)6-9-2-4-10(15)5-3-9/h2-5,7-8H,6H2,1H3,(H,21,22)/t8-/m0/s1. The molecule has 0 saturated heterocycles. The molecule has 1 N–H and O–H groups in total. The van der Waals surface area contributed by atoms with Gasteiger partial charge in [0.2, 0.25) is 0 Å². The number of rotatable bonds is 5. The third-order valence-corrected chi connectivity index (χ3v) is 4.23. The van der Waals surface area contributed by atoms with Crippen molar-refractivity contribution in [3.05, 3.63) is 42.0 Å². The van der Waals surface area contributed by atoms with E-state index in [0.717, 1.165) is 17.3 Å². The molecule has 0 bridgehead atoms. The molecule has 0 fully saturated rings. The predicted molar refractivity (Wildman–Crippen MR) is 81.6 cm³/mol. The number of aliphatic carboxylic acids is 1. The molecular formula is C14H12FN5O2S. The van der Waals surface area contributed by atoms with Crippen LogP contribution in [-0.4, -0.2) is 41.3 Å². The van der Waals surface area contributed by atoms with Gasteiger partial charge in [-0.1, -0.05) is 29.1 Å². The lowest BCUT2D eigenvalue weighted by Crippen LogP contribution is -2.11. The van der Waals surface area contributed by atoms with E-state index in [1.54, 1.807) is 23.7 Å². The lowest BCUT2D eigenvalue weighted by Gasteiger charge is -2.05. The molecular weight excluding hydrogens is 321 g/mol. The van der Waals surface area contributed by atoms with E-state index in [-0.39, 0.29) is 5.82 Å². The lowest BCUT2D eigenvalue weighted by molar-refractivity contribution is -0.136. The van der Waals surface area contributed by atoms with E-state index in [0.29, 0.717) is 22.7 Å². The van der Waals surface area contributed by atoms with E-state index in [9.17, 15) is 9.18 Å². The smallest absolute Gasteiger partial charge is 0.316 e. The summed E-state index contributed by atoms with van der Waals surface area (Å²) in [6.45, 7) is 1.95. The minimum absolute atomic E-state index is 0.305. The van der Waals surface area contributed by atoms with Crippen LogP contribution in [0.5, 0.6) is 0 Å². The van der Waals surface area contributed by atoms with Gasteiger partial charge in [-0.25, -0.2) is 19.0 Å². The number of halogens is 1. The van der Waals surface area contributed by atoms with Crippen LogP contribution in [0, 0.1) is 5.82 Å². The van der Waals surface area contributed by atoms with Crippen LogP contribution in [0.1, 0.15) is 12.5 Å². The molecule has 0 aliphatic heterocycles. The highest BCUT2D eigenvalue weighted by molar-refractivity contribution is 8.00. The zero-order valence-electron chi connectivity index (χ0n) is 12.0. The fraction of sp³-hybridized carbons (Fsp3) is 0.214. The van der Waals surface area contributed by atoms with Gasteiger partial charge >= 0.3 is 5.97 Å². The quantitative estimate of drug-likeness (QED) is 0.563. The molecule has 1 aromatic carbocycles. The first-order chi connectivity index (χ1) is 11.0. The average molecular weight is 333 g/mol. The molecule has 118 valence electrons. The van der Waals surface area contributed by atoms with Crippen molar-refractivity contribution < 1.29 is 14.3 Å². The van der Waals surface area contributed by atoms with Gasteiger partial charge < -0.3 is 5.11 Å². The first-order valence-electron chi connectivity index (χ1n) is 6.72. The first kappa shape index (κ1) is 15.3. The maximum atomic E-state index is 13.0. The normalized spacial score (nSPS) is 12.4. The Bertz CT molecular complexity index is 852. The van der Waals surface area contributed by atoms with Gasteiger partial charge in [0.15, 0.2) is 11.2 Å². The second kappa shape index (κ2) is 6.29. The van der Waals surface area contributed by atoms with Crippen molar-refractivity contribution in [3.8, 4) is 0 Å². The van der Waals surface area contributed by atoms with Crippen molar-refractivity contribution in [3.63, 3.8) is 0 Å². The number of carbonyl (C=O) groups is 1. The van der Waals surface area contributed by atoms with Crippen LogP contribution < -0.4 is 0 Å². The van der Waals surface area contributed by atoms with E-state index in [2.05, 4.69) is 20.3 Å². The monoisotopic (exact) mass is 333 g/mol. The second-order valence-electron chi connectivity index (χ2n) is 4.82. The van der Waals surface area contributed by atoms with E-state index >= 15 is 0 Å². The van der Waals surface area contributed by atoms with Gasteiger partial charge in [-0.15, -0.1) is 5.10 Å². The van der Waals surface area contributed by atoms with Gasteiger partial charge in [-0.05, 0) is 24.6 Å². The number of benzene rings is 1. The van der Waals surface area contributed by atoms with E-state index in [1.807, 2.05) is 0 Å². The SMILES string of the molecule is C[C@H](Sc1ncnc2c1nnn2Cc1ccc(F)cc1)C(=O)O. The molecule has 0 saturated carbocycles. The Hall–Kier alpha value is -2.55. The zero-order chi connectivity index (χ0) is 16.4. The summed E-state index contributed by atoms with van der Waals surface area (Å²) in [5.74, 6) is -1.23. The number of nitrogens with zero attached hydrogens (tertiary/aromatic N) is 5. The molecule has 0 radical (unpaired) electrons. The number of thioether (sulfide) groups is 1. The fourth-order valence-electron chi connectivity index (χ4n) is 1.94. The van der Waals surface area contributed by atoms with Crippen molar-refractivity contribution in [1.29, 1.82) is 0 Å². The number of fused-ring (bicyclic) bond motifs is 1. The summed E-state index contributed by atoms with van der Waals surface area (Å²) in [7, 11) is 0. The van der Waals surface area contributed by atoms with E-state index in [1.165, 1.54) is 18.5 Å². The third-order valence-electron chi connectivity index (χ3n) is 3.15. The van der Waals surface area contributed by atoms with E-state index < -0.39 is 11.2 Å². The largest absolute Gasteiger partial charge is 0.480 e. The minimum atomic E-state index is -0.930. The summed E-state index contributed by atoms with van der Waals surface area (Å²) in [5.41, 5.74) is 1.81. The van der Waals surface area contributed by atoms with Crippen LogP contribution in [0.4, 0.5) is 4.39 Å². The predicted octanol–water partition coefficient (Wildman–Crippen LogP) is 1.97. The third kappa shape index (κ3) is 3.29. The van der Waals surface area contributed by atoms with Gasteiger partial charge in [0.05, 0.1) is 6.54 Å². The summed E-state index contributed by atoms with van der Waals surface area (Å²) >= 11 is 1.09. The second-order valence-corrected chi connectivity index (χ2v) is 6.15. The summed E-state index contributed by atoms with van der Waals surface area (Å²) < 4.78 is 14.5. The van der Waals surface area contributed by atoms with Crippen LogP contribution >= 0.6 is 11.8 Å². The molecule has 3 aromatic rings. The maximum Gasteiger partial charge on any atom is 0.316 e. The zero-order valence-corrected chi connectivity index (χ0v) is 12.9. The summed E-state index contributed by atoms with van der Waals surface area (Å²) in [6.07, 6.45) is 1.35. The van der Waals surface area contributed by atoms with Crippen molar-refractivity contribution >= 4 is 28.9 Å². The molecule has 0 amide bonds. The Labute approximate surface area is 134 Å². The Kier molecular flexibility index (Phi) is 4.20.